The summed E-state index contributed by atoms with van der Waals surface area (Å²) in [5, 5.41) is 8.62. The van der Waals surface area contributed by atoms with E-state index in [-0.39, 0.29) is 0 Å². The van der Waals surface area contributed by atoms with Crippen LogP contribution in [0.4, 0.5) is 0 Å². The van der Waals surface area contributed by atoms with E-state index in [4.69, 9.17) is 5.26 Å². The highest BCUT2D eigenvalue weighted by Crippen LogP contribution is 2.11. The van der Waals surface area contributed by atoms with Crippen molar-refractivity contribution in [1.82, 2.24) is 4.57 Å². The molecule has 1 aromatic rings. The molecule has 1 rings (SSSR count). The predicted octanol–water partition coefficient (Wildman–Crippen LogP) is 1.02. The van der Waals surface area contributed by atoms with Gasteiger partial charge in [0.15, 0.2) is 6.29 Å². The van der Waals surface area contributed by atoms with Gasteiger partial charge in [-0.15, -0.1) is 0 Å². The van der Waals surface area contributed by atoms with Crippen LogP contribution in [-0.4, -0.2) is 10.9 Å². The van der Waals surface area contributed by atoms with Crippen LogP contribution in [0.3, 0.4) is 0 Å². The maximum atomic E-state index is 10.4. The van der Waals surface area contributed by atoms with Crippen molar-refractivity contribution in [2.24, 2.45) is 7.05 Å². The first kappa shape index (κ1) is 7.55. The molecular weight excluding hydrogens is 140 g/mol. The van der Waals surface area contributed by atoms with Gasteiger partial charge in [-0.25, -0.2) is 0 Å². The molecule has 0 saturated carbocycles. The molecule has 56 valence electrons. The highest BCUT2D eigenvalue weighted by molar-refractivity contribution is 5.78. The van der Waals surface area contributed by atoms with Gasteiger partial charge in [0.2, 0.25) is 0 Å². The molecule has 3 heteroatoms. The number of nitrogens with zero attached hydrogens (tertiary/aromatic N) is 2. The second-order valence-corrected chi connectivity index (χ2v) is 2.40. The molecule has 11 heavy (non-hydrogen) atoms. The molecule has 0 unspecified atom stereocenters. The molecule has 0 aromatic carbocycles. The van der Waals surface area contributed by atoms with E-state index in [0.29, 0.717) is 11.3 Å². The Morgan fingerprint density at radius 3 is 2.64 bits per heavy atom. The van der Waals surface area contributed by atoms with Gasteiger partial charge in [-0.3, -0.25) is 4.79 Å². The van der Waals surface area contributed by atoms with E-state index in [0.717, 1.165) is 11.8 Å². The monoisotopic (exact) mass is 148 g/mol. The summed E-state index contributed by atoms with van der Waals surface area (Å²) >= 11 is 0. The summed E-state index contributed by atoms with van der Waals surface area (Å²) in [6.45, 7) is 1.77. The van der Waals surface area contributed by atoms with Crippen LogP contribution in [0.5, 0.6) is 0 Å². The van der Waals surface area contributed by atoms with E-state index in [1.54, 1.807) is 24.7 Å². The highest BCUT2D eigenvalue weighted by atomic mass is 16.1. The standard InChI is InChI=1S/C8H8N2O/c1-6-7(5-11)4-10(2)8(6)3-9/h4-5H,1-2H3. The fraction of sp³-hybridized carbons (Fsp3) is 0.250. The van der Waals surface area contributed by atoms with Gasteiger partial charge >= 0.3 is 0 Å². The van der Waals surface area contributed by atoms with Gasteiger partial charge in [0, 0.05) is 18.8 Å². The smallest absolute Gasteiger partial charge is 0.151 e. The number of carbonyl (C=O) groups excluding carboxylic acids is 1. The van der Waals surface area contributed by atoms with E-state index < -0.39 is 0 Å². The number of hydrogen-bond donors (Lipinski definition) is 0. The molecule has 0 spiro atoms. The Hall–Kier alpha value is -1.56. The Morgan fingerprint density at radius 1 is 1.73 bits per heavy atom. The highest BCUT2D eigenvalue weighted by Gasteiger charge is 2.07. The van der Waals surface area contributed by atoms with Crippen LogP contribution in [0, 0.1) is 18.3 Å². The molecule has 0 atom stereocenters. The number of rotatable bonds is 1. The van der Waals surface area contributed by atoms with Gasteiger partial charge in [0.05, 0.1) is 0 Å². The lowest BCUT2D eigenvalue weighted by molar-refractivity contribution is 0.112. The van der Waals surface area contributed by atoms with Crippen LogP contribution in [0.25, 0.3) is 0 Å². The molecule has 0 N–H and O–H groups in total. The van der Waals surface area contributed by atoms with Crippen LogP contribution >= 0.6 is 0 Å². The van der Waals surface area contributed by atoms with Crippen molar-refractivity contribution in [3.8, 4) is 6.07 Å². The molecule has 0 saturated heterocycles. The normalized spacial score (nSPS) is 9.18. The van der Waals surface area contributed by atoms with Crippen molar-refractivity contribution >= 4 is 6.29 Å². The van der Waals surface area contributed by atoms with Crippen LogP contribution in [0.1, 0.15) is 21.6 Å². The summed E-state index contributed by atoms with van der Waals surface area (Å²) in [6.07, 6.45) is 2.41. The fourth-order valence-electron chi connectivity index (χ4n) is 1.05. The first-order valence-electron chi connectivity index (χ1n) is 3.22. The zero-order valence-electron chi connectivity index (χ0n) is 6.46. The topological polar surface area (TPSA) is 45.8 Å². The van der Waals surface area contributed by atoms with Gasteiger partial charge < -0.3 is 4.57 Å². The molecule has 0 amide bonds. The number of nitriles is 1. The third-order valence-electron chi connectivity index (χ3n) is 1.71. The van der Waals surface area contributed by atoms with Crippen molar-refractivity contribution in [3.05, 3.63) is 23.0 Å². The molecular formula is C8H8N2O. The average Bonchev–Trinajstić information content (AvgIpc) is 2.26. The Kier molecular flexibility index (Phi) is 1.77. The maximum absolute atomic E-state index is 10.4. The summed E-state index contributed by atoms with van der Waals surface area (Å²) in [6, 6.07) is 2.02. The second kappa shape index (κ2) is 2.59. The summed E-state index contributed by atoms with van der Waals surface area (Å²) in [4.78, 5) is 10.4. The summed E-state index contributed by atoms with van der Waals surface area (Å²) in [5.74, 6) is 0. The lowest BCUT2D eigenvalue weighted by Crippen LogP contribution is -1.89. The number of carbonyl (C=O) groups is 1. The average molecular weight is 148 g/mol. The van der Waals surface area contributed by atoms with E-state index >= 15 is 0 Å². The summed E-state index contributed by atoms with van der Waals surface area (Å²) in [5.41, 5.74) is 1.89. The van der Waals surface area contributed by atoms with Crippen molar-refractivity contribution in [2.75, 3.05) is 0 Å². The Balaban J connectivity index is 3.39. The predicted molar refractivity (Wildman–Crippen MR) is 40.3 cm³/mol. The van der Waals surface area contributed by atoms with Crippen molar-refractivity contribution in [1.29, 1.82) is 5.26 Å². The van der Waals surface area contributed by atoms with Crippen LogP contribution in [-0.2, 0) is 7.05 Å². The quantitative estimate of drug-likeness (QED) is 0.558. The van der Waals surface area contributed by atoms with Crippen molar-refractivity contribution in [2.45, 2.75) is 6.92 Å². The Bertz CT molecular complexity index is 331. The summed E-state index contributed by atoms with van der Waals surface area (Å²) < 4.78 is 1.65. The lowest BCUT2D eigenvalue weighted by Gasteiger charge is -1.90. The zero-order chi connectivity index (χ0) is 8.43. The van der Waals surface area contributed by atoms with Gasteiger partial charge in [-0.1, -0.05) is 0 Å². The number of hydrogen-bond acceptors (Lipinski definition) is 2. The molecule has 1 heterocycles. The molecule has 0 aliphatic heterocycles. The summed E-state index contributed by atoms with van der Waals surface area (Å²) in [7, 11) is 1.75. The van der Waals surface area contributed by atoms with Gasteiger partial charge in [0.1, 0.15) is 11.8 Å². The molecule has 0 radical (unpaired) electrons. The molecule has 0 aliphatic rings. The maximum Gasteiger partial charge on any atom is 0.151 e. The van der Waals surface area contributed by atoms with E-state index in [1.807, 2.05) is 6.07 Å². The lowest BCUT2D eigenvalue weighted by atomic mass is 10.2. The van der Waals surface area contributed by atoms with Crippen molar-refractivity contribution in [3.63, 3.8) is 0 Å². The molecule has 1 aromatic heterocycles. The van der Waals surface area contributed by atoms with Gasteiger partial charge in [-0.05, 0) is 12.5 Å². The Morgan fingerprint density at radius 2 is 2.36 bits per heavy atom. The largest absolute Gasteiger partial charge is 0.342 e. The van der Waals surface area contributed by atoms with E-state index in [9.17, 15) is 4.79 Å². The van der Waals surface area contributed by atoms with E-state index in [2.05, 4.69) is 0 Å². The minimum Gasteiger partial charge on any atom is -0.342 e. The van der Waals surface area contributed by atoms with Crippen LogP contribution in [0.15, 0.2) is 6.20 Å². The van der Waals surface area contributed by atoms with Gasteiger partial charge in [0.25, 0.3) is 0 Å². The van der Waals surface area contributed by atoms with Gasteiger partial charge in [-0.2, -0.15) is 5.26 Å². The SMILES string of the molecule is Cc1c(C=O)cn(C)c1C#N. The fourth-order valence-corrected chi connectivity index (χ4v) is 1.05. The zero-order valence-corrected chi connectivity index (χ0v) is 6.46. The number of aryl methyl sites for hydroxylation is 1. The molecule has 0 aliphatic carbocycles. The van der Waals surface area contributed by atoms with E-state index in [1.165, 1.54) is 0 Å². The first-order chi connectivity index (χ1) is 5.20. The third kappa shape index (κ3) is 1.03. The first-order valence-corrected chi connectivity index (χ1v) is 3.22. The second-order valence-electron chi connectivity index (χ2n) is 2.40. The minimum atomic E-state index is 0.548. The molecule has 0 bridgehead atoms. The third-order valence-corrected chi connectivity index (χ3v) is 1.71. The van der Waals surface area contributed by atoms with Crippen molar-refractivity contribution < 1.29 is 4.79 Å². The Labute approximate surface area is 64.9 Å². The van der Waals surface area contributed by atoms with Crippen LogP contribution in [0.2, 0.25) is 0 Å². The number of aldehydes is 1. The minimum absolute atomic E-state index is 0.548. The molecule has 0 fully saturated rings. The number of aromatic nitrogens is 1. The molecule has 3 nitrogen and oxygen atoms in total. The van der Waals surface area contributed by atoms with Crippen LogP contribution < -0.4 is 0 Å².